The highest BCUT2D eigenvalue weighted by Gasteiger charge is 2.42. The van der Waals surface area contributed by atoms with Gasteiger partial charge in [-0.05, 0) is 45.1 Å². The Balaban J connectivity index is 1.55. The lowest BCUT2D eigenvalue weighted by Gasteiger charge is -2.34. The van der Waals surface area contributed by atoms with Crippen LogP contribution in [0, 0.1) is 13.8 Å². The summed E-state index contributed by atoms with van der Waals surface area (Å²) in [7, 11) is 0. The number of hydrogen-bond donors (Lipinski definition) is 1. The fraction of sp³-hybridized carbons (Fsp3) is 0.333. The van der Waals surface area contributed by atoms with Crippen molar-refractivity contribution in [2.75, 3.05) is 13.1 Å². The second-order valence-corrected chi connectivity index (χ2v) is 7.42. The van der Waals surface area contributed by atoms with Gasteiger partial charge in [-0.25, -0.2) is 9.50 Å². The van der Waals surface area contributed by atoms with Gasteiger partial charge in [0.05, 0.1) is 11.8 Å². The van der Waals surface area contributed by atoms with Gasteiger partial charge in [-0.15, -0.1) is 0 Å². The number of ether oxygens (including phenoxy) is 1. The van der Waals surface area contributed by atoms with Crippen molar-refractivity contribution in [2.24, 2.45) is 0 Å². The van der Waals surface area contributed by atoms with Gasteiger partial charge in [-0.1, -0.05) is 23.4 Å². The molecule has 0 unspecified atom stereocenters. The Hall–Kier alpha value is -3.26. The maximum atomic E-state index is 6.41. The minimum absolute atomic E-state index is 0.474. The van der Waals surface area contributed by atoms with Crippen LogP contribution in [0.3, 0.4) is 0 Å². The summed E-state index contributed by atoms with van der Waals surface area (Å²) in [5.41, 5.74) is 2.74. The molecule has 0 atom stereocenters. The number of benzene rings is 1. The maximum Gasteiger partial charge on any atom is 0.271 e. The zero-order chi connectivity index (χ0) is 19.8. The molecule has 0 aliphatic carbocycles. The standard InChI is InChI=1S/C21H22N6O2/c1-14-12-15(2)27-19(24-14)17(13-23-27)18-25-20(29-26-18)21(8-10-22-11-9-21)28-16-6-4-3-5-7-16/h3-7,12-13,22H,8-11H2,1-2H3. The van der Waals surface area contributed by atoms with E-state index < -0.39 is 5.60 Å². The molecule has 1 aliphatic heterocycles. The number of aryl methyl sites for hydroxylation is 2. The van der Waals surface area contributed by atoms with E-state index in [-0.39, 0.29) is 0 Å². The second-order valence-electron chi connectivity index (χ2n) is 7.42. The molecular formula is C21H22N6O2. The predicted octanol–water partition coefficient (Wildman–Crippen LogP) is 3.05. The normalized spacial score (nSPS) is 16.2. The number of hydrogen-bond acceptors (Lipinski definition) is 7. The third-order valence-corrected chi connectivity index (χ3v) is 5.30. The molecule has 3 aromatic heterocycles. The Bertz CT molecular complexity index is 1140. The molecule has 1 N–H and O–H groups in total. The quantitative estimate of drug-likeness (QED) is 0.573. The third-order valence-electron chi connectivity index (χ3n) is 5.30. The Morgan fingerprint density at radius 2 is 1.90 bits per heavy atom. The summed E-state index contributed by atoms with van der Waals surface area (Å²) >= 11 is 0. The van der Waals surface area contributed by atoms with E-state index in [2.05, 4.69) is 20.6 Å². The molecule has 1 aliphatic rings. The first-order chi connectivity index (χ1) is 14.1. The summed E-state index contributed by atoms with van der Waals surface area (Å²) < 4.78 is 13.9. The minimum atomic E-state index is -0.653. The Kier molecular flexibility index (Phi) is 4.28. The molecule has 4 heterocycles. The zero-order valence-electron chi connectivity index (χ0n) is 16.4. The molecule has 1 fully saturated rings. The first kappa shape index (κ1) is 17.8. The molecule has 5 rings (SSSR count). The number of nitrogens with one attached hydrogen (secondary N) is 1. The van der Waals surface area contributed by atoms with Gasteiger partial charge in [-0.2, -0.15) is 10.1 Å². The van der Waals surface area contributed by atoms with Crippen LogP contribution in [0.15, 0.2) is 47.1 Å². The lowest BCUT2D eigenvalue weighted by molar-refractivity contribution is 0.00261. The van der Waals surface area contributed by atoms with Crippen molar-refractivity contribution in [3.8, 4) is 17.1 Å². The van der Waals surface area contributed by atoms with Crippen LogP contribution in [-0.2, 0) is 5.60 Å². The van der Waals surface area contributed by atoms with Gasteiger partial charge in [0.1, 0.15) is 5.75 Å². The smallest absolute Gasteiger partial charge is 0.271 e. The molecule has 0 saturated carbocycles. The molecular weight excluding hydrogens is 368 g/mol. The number of fused-ring (bicyclic) bond motifs is 1. The van der Waals surface area contributed by atoms with Crippen molar-refractivity contribution in [3.63, 3.8) is 0 Å². The van der Waals surface area contributed by atoms with Gasteiger partial charge in [0.2, 0.25) is 5.82 Å². The van der Waals surface area contributed by atoms with Crippen LogP contribution in [0.25, 0.3) is 17.0 Å². The monoisotopic (exact) mass is 390 g/mol. The molecule has 29 heavy (non-hydrogen) atoms. The fourth-order valence-corrected chi connectivity index (χ4v) is 3.85. The van der Waals surface area contributed by atoms with E-state index in [0.717, 1.165) is 54.3 Å². The van der Waals surface area contributed by atoms with E-state index in [4.69, 9.17) is 14.2 Å². The van der Waals surface area contributed by atoms with Crippen LogP contribution >= 0.6 is 0 Å². The number of nitrogens with zero attached hydrogens (tertiary/aromatic N) is 5. The molecule has 4 aromatic rings. The van der Waals surface area contributed by atoms with Gasteiger partial charge in [0, 0.05) is 24.2 Å². The van der Waals surface area contributed by atoms with E-state index in [1.807, 2.05) is 50.2 Å². The summed E-state index contributed by atoms with van der Waals surface area (Å²) in [4.78, 5) is 9.35. The van der Waals surface area contributed by atoms with E-state index >= 15 is 0 Å². The topological polar surface area (TPSA) is 90.4 Å². The van der Waals surface area contributed by atoms with E-state index in [1.165, 1.54) is 0 Å². The SMILES string of the molecule is Cc1cc(C)n2ncc(-c3noc(C4(Oc5ccccc5)CCNCC4)n3)c2n1. The molecule has 0 amide bonds. The highest BCUT2D eigenvalue weighted by Crippen LogP contribution is 2.36. The lowest BCUT2D eigenvalue weighted by atomic mass is 9.91. The van der Waals surface area contributed by atoms with E-state index in [0.29, 0.717) is 11.7 Å². The number of piperidine rings is 1. The third kappa shape index (κ3) is 3.15. The Morgan fingerprint density at radius 1 is 1.10 bits per heavy atom. The molecule has 0 spiro atoms. The molecule has 0 radical (unpaired) electrons. The zero-order valence-corrected chi connectivity index (χ0v) is 16.4. The van der Waals surface area contributed by atoms with Gasteiger partial charge in [-0.3, -0.25) is 0 Å². The average molecular weight is 390 g/mol. The summed E-state index contributed by atoms with van der Waals surface area (Å²) in [6.45, 7) is 5.60. The van der Waals surface area contributed by atoms with Crippen LogP contribution in [-0.4, -0.2) is 37.8 Å². The maximum absolute atomic E-state index is 6.41. The summed E-state index contributed by atoms with van der Waals surface area (Å²) in [5.74, 6) is 1.75. The molecule has 1 saturated heterocycles. The molecule has 148 valence electrons. The summed E-state index contributed by atoms with van der Waals surface area (Å²) in [6.07, 6.45) is 3.22. The summed E-state index contributed by atoms with van der Waals surface area (Å²) in [6, 6.07) is 11.8. The van der Waals surface area contributed by atoms with Crippen molar-refractivity contribution in [1.29, 1.82) is 0 Å². The predicted molar refractivity (Wildman–Crippen MR) is 107 cm³/mol. The van der Waals surface area contributed by atoms with Crippen molar-refractivity contribution in [3.05, 3.63) is 59.9 Å². The first-order valence-electron chi connectivity index (χ1n) is 9.76. The van der Waals surface area contributed by atoms with Gasteiger partial charge in [0.25, 0.3) is 5.89 Å². The van der Waals surface area contributed by atoms with Crippen LogP contribution in [0.4, 0.5) is 0 Å². The Morgan fingerprint density at radius 3 is 2.69 bits per heavy atom. The molecule has 1 aromatic carbocycles. The van der Waals surface area contributed by atoms with Crippen LogP contribution < -0.4 is 10.1 Å². The summed E-state index contributed by atoms with van der Waals surface area (Å²) in [5, 5.41) is 12.1. The molecule has 0 bridgehead atoms. The highest BCUT2D eigenvalue weighted by molar-refractivity contribution is 5.72. The molecule has 8 heteroatoms. The largest absolute Gasteiger partial charge is 0.477 e. The number of rotatable bonds is 4. The van der Waals surface area contributed by atoms with Crippen molar-refractivity contribution in [1.82, 2.24) is 30.1 Å². The van der Waals surface area contributed by atoms with Gasteiger partial charge >= 0.3 is 0 Å². The fourth-order valence-electron chi connectivity index (χ4n) is 3.85. The average Bonchev–Trinajstić information content (AvgIpc) is 3.37. The first-order valence-corrected chi connectivity index (χ1v) is 9.76. The van der Waals surface area contributed by atoms with Gasteiger partial charge < -0.3 is 14.6 Å². The van der Waals surface area contributed by atoms with Crippen molar-refractivity contribution in [2.45, 2.75) is 32.3 Å². The number of aromatic nitrogens is 5. The highest BCUT2D eigenvalue weighted by atomic mass is 16.5. The van der Waals surface area contributed by atoms with Crippen molar-refractivity contribution < 1.29 is 9.26 Å². The Labute approximate surface area is 167 Å². The van der Waals surface area contributed by atoms with Crippen LogP contribution in [0.2, 0.25) is 0 Å². The van der Waals surface area contributed by atoms with Crippen molar-refractivity contribution >= 4 is 5.65 Å². The second kappa shape index (κ2) is 6.97. The molecule has 8 nitrogen and oxygen atoms in total. The van der Waals surface area contributed by atoms with Crippen LogP contribution in [0.5, 0.6) is 5.75 Å². The minimum Gasteiger partial charge on any atom is -0.477 e. The number of para-hydroxylation sites is 1. The van der Waals surface area contributed by atoms with E-state index in [9.17, 15) is 0 Å². The van der Waals surface area contributed by atoms with E-state index in [1.54, 1.807) is 10.7 Å². The lowest BCUT2D eigenvalue weighted by Crippen LogP contribution is -2.44. The van der Waals surface area contributed by atoms with Gasteiger partial charge in [0.15, 0.2) is 11.2 Å². The van der Waals surface area contributed by atoms with Crippen LogP contribution in [0.1, 0.15) is 30.1 Å².